The molecular formula is C21H20F6N2O2. The Morgan fingerprint density at radius 1 is 0.839 bits per heavy atom. The first-order valence-electron chi connectivity index (χ1n) is 9.02. The number of nitrogens with one attached hydrogen (secondary N) is 1. The van der Waals surface area contributed by atoms with Gasteiger partial charge in [0.05, 0.1) is 17.7 Å². The summed E-state index contributed by atoms with van der Waals surface area (Å²) >= 11 is 0. The Morgan fingerprint density at radius 3 is 1.71 bits per heavy atom. The number of amides is 2. The summed E-state index contributed by atoms with van der Waals surface area (Å²) in [4.78, 5) is 25.6. The Bertz CT molecular complexity index is 957. The van der Waals surface area contributed by atoms with E-state index in [0.29, 0.717) is 17.8 Å². The molecule has 0 saturated carbocycles. The van der Waals surface area contributed by atoms with Gasteiger partial charge in [-0.3, -0.25) is 9.59 Å². The Hall–Kier alpha value is -3.04. The minimum absolute atomic E-state index is 0.0631. The summed E-state index contributed by atoms with van der Waals surface area (Å²) in [5.74, 6) is -1.79. The molecule has 1 N–H and O–H groups in total. The van der Waals surface area contributed by atoms with Crippen LogP contribution in [0, 0.1) is 20.8 Å². The minimum atomic E-state index is -5.08. The molecule has 0 aromatic heterocycles. The van der Waals surface area contributed by atoms with E-state index in [2.05, 4.69) is 5.32 Å². The number of likely N-dealkylation sites (N-methyl/N-ethyl adjacent to an activating group) is 1. The van der Waals surface area contributed by atoms with Crippen LogP contribution >= 0.6 is 0 Å². The smallest absolute Gasteiger partial charge is 0.332 e. The SMILES string of the molecule is Cc1cc(C)c(NC(=O)CN(C)C(=O)c2cc(C(F)(F)F)cc(C(F)(F)F)c2)c(C)c1. The van der Waals surface area contributed by atoms with Crippen LogP contribution in [0.5, 0.6) is 0 Å². The first-order valence-corrected chi connectivity index (χ1v) is 9.02. The second kappa shape index (κ2) is 8.60. The van der Waals surface area contributed by atoms with Gasteiger partial charge in [-0.25, -0.2) is 0 Å². The fourth-order valence-electron chi connectivity index (χ4n) is 3.14. The number of anilines is 1. The first kappa shape index (κ1) is 24.2. The topological polar surface area (TPSA) is 49.4 Å². The number of halogens is 6. The van der Waals surface area contributed by atoms with Crippen molar-refractivity contribution >= 4 is 17.5 Å². The molecule has 0 spiro atoms. The third-order valence-corrected chi connectivity index (χ3v) is 4.50. The van der Waals surface area contributed by atoms with Gasteiger partial charge < -0.3 is 10.2 Å². The number of carbonyl (C=O) groups is 2. The zero-order valence-electron chi connectivity index (χ0n) is 17.1. The fraction of sp³-hybridized carbons (Fsp3) is 0.333. The highest BCUT2D eigenvalue weighted by molar-refractivity contribution is 6.00. The van der Waals surface area contributed by atoms with Crippen LogP contribution in [0.4, 0.5) is 32.0 Å². The summed E-state index contributed by atoms with van der Waals surface area (Å²) in [5.41, 5.74) is -0.982. The van der Waals surface area contributed by atoms with Crippen LogP contribution in [-0.4, -0.2) is 30.3 Å². The third-order valence-electron chi connectivity index (χ3n) is 4.50. The lowest BCUT2D eigenvalue weighted by molar-refractivity contribution is -0.143. The number of hydrogen-bond donors (Lipinski definition) is 1. The molecule has 0 aliphatic rings. The van der Waals surface area contributed by atoms with Crippen LogP contribution in [-0.2, 0) is 17.1 Å². The number of alkyl halides is 6. The number of aryl methyl sites for hydroxylation is 3. The normalized spacial score (nSPS) is 11.9. The van der Waals surface area contributed by atoms with E-state index in [1.807, 2.05) is 19.1 Å². The van der Waals surface area contributed by atoms with Gasteiger partial charge in [-0.05, 0) is 50.1 Å². The van der Waals surface area contributed by atoms with Gasteiger partial charge in [0.25, 0.3) is 5.91 Å². The second-order valence-corrected chi connectivity index (χ2v) is 7.28. The van der Waals surface area contributed by atoms with E-state index >= 15 is 0 Å². The molecule has 168 valence electrons. The standard InChI is InChI=1S/C21H20F6N2O2/c1-11-5-12(2)18(13(3)6-11)28-17(30)10-29(4)19(31)14-7-15(20(22,23)24)9-16(8-14)21(25,26)27/h5-9H,10H2,1-4H3,(H,28,30). The van der Waals surface area contributed by atoms with Gasteiger partial charge in [0, 0.05) is 18.3 Å². The number of hydrogen-bond acceptors (Lipinski definition) is 2. The van der Waals surface area contributed by atoms with Gasteiger partial charge >= 0.3 is 12.4 Å². The zero-order chi connectivity index (χ0) is 23.7. The van der Waals surface area contributed by atoms with Crippen molar-refractivity contribution < 1.29 is 35.9 Å². The number of carbonyl (C=O) groups excluding carboxylic acids is 2. The third kappa shape index (κ3) is 5.99. The van der Waals surface area contributed by atoms with E-state index in [4.69, 9.17) is 0 Å². The van der Waals surface area contributed by atoms with Gasteiger partial charge in [0.15, 0.2) is 0 Å². The Kier molecular flexibility index (Phi) is 6.72. The van der Waals surface area contributed by atoms with Crippen LogP contribution in [0.2, 0.25) is 0 Å². The summed E-state index contributed by atoms with van der Waals surface area (Å²) in [6.07, 6.45) is -10.2. The summed E-state index contributed by atoms with van der Waals surface area (Å²) in [6.45, 7) is 4.85. The van der Waals surface area contributed by atoms with Crippen molar-refractivity contribution in [1.29, 1.82) is 0 Å². The van der Waals surface area contributed by atoms with Crippen LogP contribution in [0.1, 0.15) is 38.2 Å². The Morgan fingerprint density at radius 2 is 1.29 bits per heavy atom. The maximum Gasteiger partial charge on any atom is 0.416 e. The van der Waals surface area contributed by atoms with Crippen LogP contribution in [0.25, 0.3) is 0 Å². The molecule has 2 rings (SSSR count). The minimum Gasteiger partial charge on any atom is -0.332 e. The van der Waals surface area contributed by atoms with E-state index in [1.165, 1.54) is 0 Å². The quantitative estimate of drug-likeness (QED) is 0.643. The van der Waals surface area contributed by atoms with Gasteiger partial charge in [-0.15, -0.1) is 0 Å². The van der Waals surface area contributed by atoms with Crippen molar-refractivity contribution in [3.05, 3.63) is 63.7 Å². The molecule has 4 nitrogen and oxygen atoms in total. The number of nitrogens with zero attached hydrogens (tertiary/aromatic N) is 1. The average Bonchev–Trinajstić information content (AvgIpc) is 2.62. The summed E-state index contributed by atoms with van der Waals surface area (Å²) in [5, 5.41) is 2.62. The summed E-state index contributed by atoms with van der Waals surface area (Å²) in [6, 6.07) is 4.27. The molecule has 0 radical (unpaired) electrons. The van der Waals surface area contributed by atoms with Gasteiger partial charge in [-0.2, -0.15) is 26.3 Å². The van der Waals surface area contributed by atoms with E-state index in [0.717, 1.165) is 28.6 Å². The summed E-state index contributed by atoms with van der Waals surface area (Å²) < 4.78 is 78.0. The van der Waals surface area contributed by atoms with Crippen LogP contribution in [0.3, 0.4) is 0 Å². The molecule has 2 aromatic rings. The Labute approximate surface area is 174 Å². The lowest BCUT2D eigenvalue weighted by Crippen LogP contribution is -2.35. The average molecular weight is 446 g/mol. The van der Waals surface area contributed by atoms with Gasteiger partial charge in [0.2, 0.25) is 5.91 Å². The molecule has 0 bridgehead atoms. The van der Waals surface area contributed by atoms with Crippen molar-refractivity contribution in [2.24, 2.45) is 0 Å². The molecule has 31 heavy (non-hydrogen) atoms. The van der Waals surface area contributed by atoms with Crippen molar-refractivity contribution in [3.8, 4) is 0 Å². The highest BCUT2D eigenvalue weighted by atomic mass is 19.4. The monoisotopic (exact) mass is 446 g/mol. The largest absolute Gasteiger partial charge is 0.416 e. The summed E-state index contributed by atoms with van der Waals surface area (Å²) in [7, 11) is 1.12. The predicted molar refractivity (Wildman–Crippen MR) is 103 cm³/mol. The number of benzene rings is 2. The molecule has 0 atom stereocenters. The highest BCUT2D eigenvalue weighted by Crippen LogP contribution is 2.36. The van der Waals surface area contributed by atoms with E-state index < -0.39 is 47.4 Å². The number of rotatable bonds is 4. The first-order chi connectivity index (χ1) is 14.1. The van der Waals surface area contributed by atoms with Crippen molar-refractivity contribution in [2.45, 2.75) is 33.1 Å². The molecule has 0 saturated heterocycles. The lowest BCUT2D eigenvalue weighted by atomic mass is 10.0. The van der Waals surface area contributed by atoms with Gasteiger partial charge in [0.1, 0.15) is 0 Å². The zero-order valence-corrected chi connectivity index (χ0v) is 17.1. The van der Waals surface area contributed by atoms with E-state index in [9.17, 15) is 35.9 Å². The maximum atomic E-state index is 13.0. The van der Waals surface area contributed by atoms with Gasteiger partial charge in [-0.1, -0.05) is 17.7 Å². The van der Waals surface area contributed by atoms with Crippen LogP contribution in [0.15, 0.2) is 30.3 Å². The molecular weight excluding hydrogens is 426 g/mol. The fourth-order valence-corrected chi connectivity index (χ4v) is 3.14. The molecule has 0 unspecified atom stereocenters. The highest BCUT2D eigenvalue weighted by Gasteiger charge is 2.37. The van der Waals surface area contributed by atoms with Crippen LogP contribution < -0.4 is 5.32 Å². The van der Waals surface area contributed by atoms with Crippen molar-refractivity contribution in [3.63, 3.8) is 0 Å². The van der Waals surface area contributed by atoms with Crippen molar-refractivity contribution in [1.82, 2.24) is 4.90 Å². The maximum absolute atomic E-state index is 13.0. The molecule has 2 amide bonds. The van der Waals surface area contributed by atoms with Crippen molar-refractivity contribution in [2.75, 3.05) is 18.9 Å². The molecule has 0 aliphatic carbocycles. The molecule has 0 aliphatic heterocycles. The molecule has 0 heterocycles. The predicted octanol–water partition coefficient (Wildman–Crippen LogP) is 5.36. The molecule has 10 heteroatoms. The second-order valence-electron chi connectivity index (χ2n) is 7.28. The van der Waals surface area contributed by atoms with E-state index in [-0.39, 0.29) is 6.07 Å². The Balaban J connectivity index is 2.26. The molecule has 2 aromatic carbocycles. The lowest BCUT2D eigenvalue weighted by Gasteiger charge is -2.20. The van der Waals surface area contributed by atoms with E-state index in [1.54, 1.807) is 13.8 Å². The molecule has 0 fully saturated rings.